The third kappa shape index (κ3) is 4.98. The van der Waals surface area contributed by atoms with Crippen molar-refractivity contribution in [1.29, 1.82) is 0 Å². The lowest BCUT2D eigenvalue weighted by Crippen LogP contribution is -2.09. The van der Waals surface area contributed by atoms with E-state index in [9.17, 15) is 9.18 Å². The van der Waals surface area contributed by atoms with Crippen LogP contribution in [0.3, 0.4) is 0 Å². The molecule has 3 aromatic carbocycles. The molecular formula is C25H20FNO4. The van der Waals surface area contributed by atoms with Crippen molar-refractivity contribution >= 4 is 17.9 Å². The number of benzene rings is 3. The minimum atomic E-state index is -0.629. The zero-order valence-corrected chi connectivity index (χ0v) is 16.9. The summed E-state index contributed by atoms with van der Waals surface area (Å²) >= 11 is 0. The number of rotatable bonds is 7. The highest BCUT2D eigenvalue weighted by molar-refractivity contribution is 6.12. The minimum Gasteiger partial charge on any atom is -0.490 e. The lowest BCUT2D eigenvalue weighted by atomic mass is 10.2. The van der Waals surface area contributed by atoms with Crippen LogP contribution in [-0.4, -0.2) is 25.1 Å². The molecule has 0 unspecified atom stereocenters. The highest BCUT2D eigenvalue weighted by atomic mass is 19.1. The van der Waals surface area contributed by atoms with E-state index in [1.807, 2.05) is 49.4 Å². The normalized spacial score (nSPS) is 14.3. The number of carbonyl (C=O) groups excluding carboxylic acids is 1. The van der Waals surface area contributed by atoms with Crippen LogP contribution in [0.5, 0.6) is 11.5 Å². The van der Waals surface area contributed by atoms with Crippen LogP contribution in [0.4, 0.5) is 4.39 Å². The van der Waals surface area contributed by atoms with Gasteiger partial charge in [-0.1, -0.05) is 42.5 Å². The largest absolute Gasteiger partial charge is 0.490 e. The van der Waals surface area contributed by atoms with E-state index in [0.29, 0.717) is 24.5 Å². The summed E-state index contributed by atoms with van der Waals surface area (Å²) in [4.78, 5) is 16.3. The second-order valence-corrected chi connectivity index (χ2v) is 6.85. The molecule has 156 valence electrons. The monoisotopic (exact) mass is 417 g/mol. The van der Waals surface area contributed by atoms with Gasteiger partial charge in [-0.25, -0.2) is 14.2 Å². The summed E-state index contributed by atoms with van der Waals surface area (Å²) in [7, 11) is 0. The van der Waals surface area contributed by atoms with Crippen LogP contribution in [0.2, 0.25) is 0 Å². The summed E-state index contributed by atoms with van der Waals surface area (Å²) in [5.41, 5.74) is 2.01. The molecule has 0 saturated carbocycles. The molecule has 1 aliphatic heterocycles. The number of aryl methyl sites for hydroxylation is 1. The van der Waals surface area contributed by atoms with Crippen molar-refractivity contribution in [2.24, 2.45) is 4.99 Å². The molecule has 0 amide bonds. The van der Waals surface area contributed by atoms with Crippen molar-refractivity contribution < 1.29 is 23.4 Å². The first-order chi connectivity index (χ1) is 15.1. The van der Waals surface area contributed by atoms with E-state index in [0.717, 1.165) is 11.3 Å². The lowest BCUT2D eigenvalue weighted by Gasteiger charge is -2.10. The van der Waals surface area contributed by atoms with Gasteiger partial charge in [-0.15, -0.1) is 0 Å². The van der Waals surface area contributed by atoms with E-state index in [2.05, 4.69) is 4.99 Å². The summed E-state index contributed by atoms with van der Waals surface area (Å²) in [6, 6.07) is 21.0. The molecule has 0 saturated heterocycles. The van der Waals surface area contributed by atoms with Crippen LogP contribution >= 0.6 is 0 Å². The van der Waals surface area contributed by atoms with Crippen molar-refractivity contribution in [3.05, 3.63) is 101 Å². The fraction of sp³-hybridized carbons (Fsp3) is 0.120. The van der Waals surface area contributed by atoms with Gasteiger partial charge in [0.05, 0.1) is 5.56 Å². The van der Waals surface area contributed by atoms with Gasteiger partial charge in [0.2, 0.25) is 5.90 Å². The fourth-order valence-corrected chi connectivity index (χ4v) is 3.04. The Morgan fingerprint density at radius 2 is 1.74 bits per heavy atom. The van der Waals surface area contributed by atoms with E-state index < -0.39 is 11.8 Å². The fourth-order valence-electron chi connectivity index (χ4n) is 3.04. The molecule has 1 aliphatic rings. The average Bonchev–Trinajstić information content (AvgIpc) is 3.13. The van der Waals surface area contributed by atoms with Crippen molar-refractivity contribution in [2.45, 2.75) is 6.92 Å². The maximum atomic E-state index is 13.9. The Hall–Kier alpha value is -3.93. The van der Waals surface area contributed by atoms with Gasteiger partial charge in [-0.2, -0.15) is 0 Å². The van der Waals surface area contributed by atoms with Gasteiger partial charge in [-0.3, -0.25) is 0 Å². The first-order valence-corrected chi connectivity index (χ1v) is 9.79. The topological polar surface area (TPSA) is 57.1 Å². The predicted octanol–water partition coefficient (Wildman–Crippen LogP) is 4.94. The van der Waals surface area contributed by atoms with Crippen LogP contribution in [0, 0.1) is 12.7 Å². The number of nitrogens with zero attached hydrogens (tertiary/aromatic N) is 1. The van der Waals surface area contributed by atoms with Gasteiger partial charge in [0.1, 0.15) is 30.5 Å². The van der Waals surface area contributed by atoms with Crippen LogP contribution in [0.1, 0.15) is 16.7 Å². The molecule has 0 fully saturated rings. The Balaban J connectivity index is 1.41. The first-order valence-electron chi connectivity index (χ1n) is 9.79. The molecule has 1 heterocycles. The summed E-state index contributed by atoms with van der Waals surface area (Å²) in [5.74, 6) is 0.283. The molecule has 4 rings (SSSR count). The number of para-hydroxylation sites is 1. The van der Waals surface area contributed by atoms with E-state index >= 15 is 0 Å². The predicted molar refractivity (Wildman–Crippen MR) is 116 cm³/mol. The van der Waals surface area contributed by atoms with Crippen LogP contribution in [-0.2, 0) is 9.53 Å². The number of aliphatic imine (C=N–C) groups is 1. The van der Waals surface area contributed by atoms with Gasteiger partial charge in [-0.05, 0) is 54.5 Å². The standard InChI is InChI=1S/C25H20FNO4/c1-17-7-2-5-12-23(17)30-14-13-29-19-9-6-8-18(15-19)16-22-25(28)31-24(27-22)20-10-3-4-11-21(20)26/h2-12,15-16H,13-14H2,1H3/b22-16+. The maximum Gasteiger partial charge on any atom is 0.363 e. The maximum absolute atomic E-state index is 13.9. The van der Waals surface area contributed by atoms with Crippen LogP contribution in [0.25, 0.3) is 6.08 Å². The summed E-state index contributed by atoms with van der Waals surface area (Å²) in [6.07, 6.45) is 1.58. The number of cyclic esters (lactones) is 1. The van der Waals surface area contributed by atoms with Gasteiger partial charge >= 0.3 is 5.97 Å². The van der Waals surface area contributed by atoms with Crippen LogP contribution in [0.15, 0.2) is 83.5 Å². The SMILES string of the molecule is Cc1ccccc1OCCOc1cccc(/C=C2/N=C(c3ccccc3F)OC2=O)c1. The Morgan fingerprint density at radius 3 is 2.58 bits per heavy atom. The average molecular weight is 417 g/mol. The molecular weight excluding hydrogens is 397 g/mol. The van der Waals surface area contributed by atoms with Gasteiger partial charge in [0.15, 0.2) is 5.70 Å². The van der Waals surface area contributed by atoms with E-state index in [1.165, 1.54) is 12.1 Å². The smallest absolute Gasteiger partial charge is 0.363 e. The molecule has 0 bridgehead atoms. The van der Waals surface area contributed by atoms with Gasteiger partial charge in [0.25, 0.3) is 0 Å². The number of ether oxygens (including phenoxy) is 3. The zero-order valence-electron chi connectivity index (χ0n) is 16.9. The second kappa shape index (κ2) is 9.26. The third-order valence-corrected chi connectivity index (χ3v) is 4.59. The quantitative estimate of drug-likeness (QED) is 0.311. The Labute approximate surface area is 179 Å². The Morgan fingerprint density at radius 1 is 0.968 bits per heavy atom. The number of hydrogen-bond donors (Lipinski definition) is 0. The van der Waals surface area contributed by atoms with Crippen LogP contribution < -0.4 is 9.47 Å². The number of halogens is 1. The molecule has 0 aromatic heterocycles. The molecule has 0 radical (unpaired) electrons. The summed E-state index contributed by atoms with van der Waals surface area (Å²) in [5, 5.41) is 0. The number of esters is 1. The van der Waals surface area contributed by atoms with E-state index in [-0.39, 0.29) is 17.2 Å². The summed E-state index contributed by atoms with van der Waals surface area (Å²) in [6.45, 7) is 2.76. The lowest BCUT2D eigenvalue weighted by molar-refractivity contribution is -0.129. The molecule has 0 atom stereocenters. The second-order valence-electron chi connectivity index (χ2n) is 6.85. The van der Waals surface area contributed by atoms with Crippen molar-refractivity contribution in [2.75, 3.05) is 13.2 Å². The molecule has 6 heteroatoms. The molecule has 31 heavy (non-hydrogen) atoms. The molecule has 5 nitrogen and oxygen atoms in total. The van der Waals surface area contributed by atoms with Crippen molar-refractivity contribution in [3.63, 3.8) is 0 Å². The number of hydrogen-bond acceptors (Lipinski definition) is 5. The highest BCUT2D eigenvalue weighted by Gasteiger charge is 2.25. The highest BCUT2D eigenvalue weighted by Crippen LogP contribution is 2.22. The van der Waals surface area contributed by atoms with Crippen molar-refractivity contribution in [3.8, 4) is 11.5 Å². The van der Waals surface area contributed by atoms with Crippen molar-refractivity contribution in [1.82, 2.24) is 0 Å². The molecule has 0 aliphatic carbocycles. The van der Waals surface area contributed by atoms with E-state index in [1.54, 1.807) is 24.3 Å². The molecule has 3 aromatic rings. The molecule has 0 spiro atoms. The number of carbonyl (C=O) groups is 1. The third-order valence-electron chi connectivity index (χ3n) is 4.59. The van der Waals surface area contributed by atoms with Gasteiger partial charge in [0, 0.05) is 0 Å². The zero-order chi connectivity index (χ0) is 21.6. The Kier molecular flexibility index (Phi) is 6.08. The minimum absolute atomic E-state index is 0.0462. The molecule has 0 N–H and O–H groups in total. The summed E-state index contributed by atoms with van der Waals surface area (Å²) < 4.78 is 30.5. The first kappa shape index (κ1) is 20.3. The Bertz CT molecular complexity index is 1170. The van der Waals surface area contributed by atoms with E-state index in [4.69, 9.17) is 14.2 Å². The van der Waals surface area contributed by atoms with Gasteiger partial charge < -0.3 is 14.2 Å².